The predicted octanol–water partition coefficient (Wildman–Crippen LogP) is 3.36. The fraction of sp³-hybridized carbons (Fsp3) is 0.667. The molecule has 1 saturated heterocycles. The summed E-state index contributed by atoms with van der Waals surface area (Å²) in [5.74, 6) is -0.600. The molecule has 1 aliphatic rings. The zero-order chi connectivity index (χ0) is 15.5. The van der Waals surface area contributed by atoms with Gasteiger partial charge in [-0.1, -0.05) is 19.9 Å². The van der Waals surface area contributed by atoms with Crippen molar-refractivity contribution in [2.75, 3.05) is 18.0 Å². The fourth-order valence-electron chi connectivity index (χ4n) is 2.50. The van der Waals surface area contributed by atoms with Crippen molar-refractivity contribution in [1.82, 2.24) is 10.3 Å². The Hall–Kier alpha value is -1.30. The van der Waals surface area contributed by atoms with Gasteiger partial charge in [0.15, 0.2) is 0 Å². The maximum absolute atomic E-state index is 12.9. The number of hydrogen-bond acceptors (Lipinski definition) is 3. The van der Waals surface area contributed by atoms with Gasteiger partial charge in [-0.2, -0.15) is 13.2 Å². The molecule has 2 rings (SSSR count). The number of alkyl halides is 3. The zero-order valence-corrected chi connectivity index (χ0v) is 12.5. The first kappa shape index (κ1) is 16.1. The molecule has 1 unspecified atom stereocenters. The molecule has 1 aromatic heterocycles. The minimum absolute atomic E-state index is 0.0115. The lowest BCUT2D eigenvalue weighted by Gasteiger charge is -2.34. The van der Waals surface area contributed by atoms with E-state index < -0.39 is 12.1 Å². The molecule has 1 atom stereocenters. The van der Waals surface area contributed by atoms with Gasteiger partial charge < -0.3 is 10.2 Å². The van der Waals surface area contributed by atoms with E-state index in [4.69, 9.17) is 0 Å². The van der Waals surface area contributed by atoms with Gasteiger partial charge in [-0.05, 0) is 25.0 Å². The van der Waals surface area contributed by atoms with E-state index >= 15 is 0 Å². The zero-order valence-electron chi connectivity index (χ0n) is 12.5. The normalized spacial score (nSPS) is 20.1. The smallest absolute Gasteiger partial charge is 0.356 e. The van der Waals surface area contributed by atoms with E-state index in [9.17, 15) is 13.2 Å². The molecule has 118 valence electrons. The highest BCUT2D eigenvalue weighted by atomic mass is 19.4. The Balaban J connectivity index is 2.05. The molecule has 0 spiro atoms. The molecule has 3 nitrogen and oxygen atoms in total. The topological polar surface area (TPSA) is 28.2 Å². The summed E-state index contributed by atoms with van der Waals surface area (Å²) in [4.78, 5) is 6.23. The Bertz CT molecular complexity index is 460. The van der Waals surface area contributed by atoms with E-state index in [0.29, 0.717) is 31.4 Å². The third kappa shape index (κ3) is 4.59. The Kier molecular flexibility index (Phi) is 5.08. The molecule has 0 saturated carbocycles. The van der Waals surface area contributed by atoms with Crippen molar-refractivity contribution in [1.29, 1.82) is 0 Å². The highest BCUT2D eigenvalue weighted by Crippen LogP contribution is 2.34. The van der Waals surface area contributed by atoms with Crippen molar-refractivity contribution in [3.8, 4) is 0 Å². The van der Waals surface area contributed by atoms with E-state index in [-0.39, 0.29) is 13.0 Å². The van der Waals surface area contributed by atoms with Crippen LogP contribution in [0, 0.1) is 5.92 Å². The van der Waals surface area contributed by atoms with Crippen LogP contribution in [0.15, 0.2) is 18.2 Å². The van der Waals surface area contributed by atoms with Crippen LogP contribution in [0.25, 0.3) is 0 Å². The van der Waals surface area contributed by atoms with Crippen LogP contribution in [0.1, 0.15) is 32.4 Å². The molecule has 0 aliphatic carbocycles. The minimum Gasteiger partial charge on any atom is -0.356 e. The van der Waals surface area contributed by atoms with Gasteiger partial charge >= 0.3 is 6.18 Å². The lowest BCUT2D eigenvalue weighted by molar-refractivity contribution is -0.176. The first-order chi connectivity index (χ1) is 9.86. The second kappa shape index (κ2) is 6.64. The van der Waals surface area contributed by atoms with E-state index in [1.54, 1.807) is 11.0 Å². The number of anilines is 1. The second-order valence-electron chi connectivity index (χ2n) is 5.85. The summed E-state index contributed by atoms with van der Waals surface area (Å²) in [5.41, 5.74) is 0.857. The molecule has 6 heteroatoms. The lowest BCUT2D eigenvalue weighted by atomic mass is 9.97. The number of hydrogen-bond donors (Lipinski definition) is 1. The lowest BCUT2D eigenvalue weighted by Crippen LogP contribution is -2.42. The number of nitrogens with zero attached hydrogens (tertiary/aromatic N) is 2. The molecular formula is C15H22F3N3. The van der Waals surface area contributed by atoms with Gasteiger partial charge in [0, 0.05) is 25.7 Å². The number of halogens is 3. The van der Waals surface area contributed by atoms with Gasteiger partial charge in [0.2, 0.25) is 0 Å². The first-order valence-corrected chi connectivity index (χ1v) is 7.37. The molecule has 1 N–H and O–H groups in total. The number of rotatable bonds is 4. The Labute approximate surface area is 123 Å². The summed E-state index contributed by atoms with van der Waals surface area (Å²) in [6.45, 7) is 5.37. The van der Waals surface area contributed by atoms with Crippen LogP contribution >= 0.6 is 0 Å². The van der Waals surface area contributed by atoms with Crippen LogP contribution in [-0.2, 0) is 6.54 Å². The van der Waals surface area contributed by atoms with Crippen molar-refractivity contribution in [3.63, 3.8) is 0 Å². The van der Waals surface area contributed by atoms with Crippen LogP contribution in [-0.4, -0.2) is 30.3 Å². The van der Waals surface area contributed by atoms with Crippen LogP contribution in [0.4, 0.5) is 19.0 Å². The number of aromatic nitrogens is 1. The van der Waals surface area contributed by atoms with Crippen LogP contribution in [0.3, 0.4) is 0 Å². The Morgan fingerprint density at radius 1 is 1.38 bits per heavy atom. The molecule has 0 aromatic carbocycles. The number of pyridine rings is 1. The summed E-state index contributed by atoms with van der Waals surface area (Å²) in [6.07, 6.45) is -3.34. The summed E-state index contributed by atoms with van der Waals surface area (Å²) < 4.78 is 38.6. The summed E-state index contributed by atoms with van der Waals surface area (Å²) in [5, 5.41) is 3.26. The molecule has 0 amide bonds. The van der Waals surface area contributed by atoms with Crippen molar-refractivity contribution in [2.45, 2.75) is 45.5 Å². The second-order valence-corrected chi connectivity index (χ2v) is 5.85. The molecule has 1 aliphatic heterocycles. The molecule has 1 fully saturated rings. The minimum atomic E-state index is -4.12. The van der Waals surface area contributed by atoms with Crippen molar-refractivity contribution < 1.29 is 13.2 Å². The maximum Gasteiger partial charge on any atom is 0.393 e. The number of nitrogens with one attached hydrogen (secondary N) is 1. The van der Waals surface area contributed by atoms with Crippen molar-refractivity contribution in [3.05, 3.63) is 23.9 Å². The molecule has 0 bridgehead atoms. The fourth-order valence-corrected chi connectivity index (χ4v) is 2.50. The third-order valence-electron chi connectivity index (χ3n) is 3.69. The molecule has 0 radical (unpaired) electrons. The van der Waals surface area contributed by atoms with Crippen LogP contribution in [0.5, 0.6) is 0 Å². The Morgan fingerprint density at radius 3 is 2.81 bits per heavy atom. The molecule has 1 aromatic rings. The average molecular weight is 301 g/mol. The SMILES string of the molecule is CC(C)NCc1cccc(N2CCCC(C(F)(F)F)C2)n1. The third-order valence-corrected chi connectivity index (χ3v) is 3.69. The average Bonchev–Trinajstić information content (AvgIpc) is 2.45. The maximum atomic E-state index is 12.9. The van der Waals surface area contributed by atoms with Gasteiger partial charge in [0.25, 0.3) is 0 Å². The number of piperidine rings is 1. The largest absolute Gasteiger partial charge is 0.393 e. The summed E-state index contributed by atoms with van der Waals surface area (Å²) in [7, 11) is 0. The monoisotopic (exact) mass is 301 g/mol. The van der Waals surface area contributed by atoms with E-state index in [1.165, 1.54) is 0 Å². The van der Waals surface area contributed by atoms with E-state index in [2.05, 4.69) is 10.3 Å². The highest BCUT2D eigenvalue weighted by Gasteiger charge is 2.42. The molecule has 21 heavy (non-hydrogen) atoms. The summed E-state index contributed by atoms with van der Waals surface area (Å²) in [6, 6.07) is 5.89. The van der Waals surface area contributed by atoms with E-state index in [1.807, 2.05) is 26.0 Å². The first-order valence-electron chi connectivity index (χ1n) is 7.37. The summed E-state index contributed by atoms with van der Waals surface area (Å²) >= 11 is 0. The van der Waals surface area contributed by atoms with Gasteiger partial charge in [-0.25, -0.2) is 4.98 Å². The Morgan fingerprint density at radius 2 is 2.14 bits per heavy atom. The van der Waals surface area contributed by atoms with Gasteiger partial charge in [-0.15, -0.1) is 0 Å². The van der Waals surface area contributed by atoms with Crippen LogP contribution in [0.2, 0.25) is 0 Å². The van der Waals surface area contributed by atoms with Crippen molar-refractivity contribution >= 4 is 5.82 Å². The standard InChI is InChI=1S/C15H22F3N3/c1-11(2)19-9-13-6-3-7-14(20-13)21-8-4-5-12(10-21)15(16,17)18/h3,6-7,11-12,19H,4-5,8-10H2,1-2H3. The van der Waals surface area contributed by atoms with Gasteiger partial charge in [0.1, 0.15) is 5.82 Å². The van der Waals surface area contributed by atoms with Gasteiger partial charge in [-0.3, -0.25) is 0 Å². The quantitative estimate of drug-likeness (QED) is 0.924. The van der Waals surface area contributed by atoms with Crippen LogP contribution < -0.4 is 10.2 Å². The highest BCUT2D eigenvalue weighted by molar-refractivity contribution is 5.40. The predicted molar refractivity (Wildman–Crippen MR) is 77.2 cm³/mol. The van der Waals surface area contributed by atoms with Crippen molar-refractivity contribution in [2.24, 2.45) is 5.92 Å². The van der Waals surface area contributed by atoms with E-state index in [0.717, 1.165) is 5.69 Å². The van der Waals surface area contributed by atoms with Gasteiger partial charge in [0.05, 0.1) is 11.6 Å². The molecular weight excluding hydrogens is 279 g/mol. The molecule has 2 heterocycles.